The van der Waals surface area contributed by atoms with Gasteiger partial charge in [0.2, 0.25) is 5.91 Å². The van der Waals surface area contributed by atoms with Gasteiger partial charge in [0, 0.05) is 10.7 Å². The third kappa shape index (κ3) is 2.92. The number of para-hydroxylation sites is 1. The quantitative estimate of drug-likeness (QED) is 0.791. The number of pyridine rings is 1. The zero-order valence-electron chi connectivity index (χ0n) is 11.2. The summed E-state index contributed by atoms with van der Waals surface area (Å²) in [7, 11) is 0. The number of anilines is 1. The number of carbonyl (C=O) groups is 1. The molecule has 0 bridgehead atoms. The van der Waals surface area contributed by atoms with E-state index in [1.54, 1.807) is 16.9 Å². The highest BCUT2D eigenvalue weighted by atomic mass is 79.9. The van der Waals surface area contributed by atoms with Gasteiger partial charge in [-0.25, -0.2) is 9.67 Å². The highest BCUT2D eigenvalue weighted by Gasteiger charge is 2.09. The molecule has 0 fully saturated rings. The first-order valence-electron chi connectivity index (χ1n) is 6.34. The Morgan fingerprint density at radius 2 is 2.19 bits per heavy atom. The van der Waals surface area contributed by atoms with Gasteiger partial charge < -0.3 is 5.32 Å². The van der Waals surface area contributed by atoms with E-state index in [0.717, 1.165) is 21.1 Å². The van der Waals surface area contributed by atoms with Crippen LogP contribution in [0, 0.1) is 6.92 Å². The fourth-order valence-electron chi connectivity index (χ4n) is 1.96. The van der Waals surface area contributed by atoms with Crippen LogP contribution in [-0.4, -0.2) is 25.9 Å². The van der Waals surface area contributed by atoms with Gasteiger partial charge in [0.05, 0.1) is 5.52 Å². The summed E-state index contributed by atoms with van der Waals surface area (Å²) in [5.74, 6) is 0.324. The summed E-state index contributed by atoms with van der Waals surface area (Å²) in [5, 5.41) is 10.8. The van der Waals surface area contributed by atoms with E-state index in [0.29, 0.717) is 5.82 Å². The molecule has 1 aromatic carbocycles. The van der Waals surface area contributed by atoms with Gasteiger partial charge in [-0.15, -0.1) is 5.10 Å². The number of hydrogen-bond donors (Lipinski definition) is 1. The fourth-order valence-corrected chi connectivity index (χ4v) is 2.18. The van der Waals surface area contributed by atoms with E-state index < -0.39 is 0 Å². The molecule has 2 heterocycles. The van der Waals surface area contributed by atoms with Crippen molar-refractivity contribution in [3.05, 3.63) is 46.6 Å². The van der Waals surface area contributed by atoms with Crippen molar-refractivity contribution < 1.29 is 4.79 Å². The first kappa shape index (κ1) is 13.7. The number of benzene rings is 1. The van der Waals surface area contributed by atoms with Crippen LogP contribution in [0.5, 0.6) is 0 Å². The van der Waals surface area contributed by atoms with Gasteiger partial charge >= 0.3 is 0 Å². The molecule has 1 amide bonds. The molecule has 2 aromatic heterocycles. The lowest BCUT2D eigenvalue weighted by Gasteiger charge is -2.06. The number of nitrogens with one attached hydrogen (secondary N) is 1. The van der Waals surface area contributed by atoms with Crippen molar-refractivity contribution in [1.29, 1.82) is 0 Å². The molecule has 0 aliphatic carbocycles. The van der Waals surface area contributed by atoms with Crippen LogP contribution in [0.4, 0.5) is 5.82 Å². The van der Waals surface area contributed by atoms with Crippen molar-refractivity contribution in [3.63, 3.8) is 0 Å². The summed E-state index contributed by atoms with van der Waals surface area (Å²) in [4.78, 5) is 16.2. The minimum atomic E-state index is -0.195. The number of amides is 1. The molecule has 0 aliphatic heterocycles. The lowest BCUT2D eigenvalue weighted by atomic mass is 10.3. The number of hydrogen-bond acceptors (Lipinski definition) is 4. The maximum absolute atomic E-state index is 12.1. The summed E-state index contributed by atoms with van der Waals surface area (Å²) >= 11 is 3.37. The second-order valence-electron chi connectivity index (χ2n) is 4.60. The molecule has 0 spiro atoms. The fraction of sp³-hybridized carbons (Fsp3) is 0.143. The van der Waals surface area contributed by atoms with Crippen molar-refractivity contribution in [2.75, 3.05) is 5.32 Å². The first-order valence-corrected chi connectivity index (χ1v) is 7.13. The van der Waals surface area contributed by atoms with Gasteiger partial charge in [0.1, 0.15) is 17.9 Å². The van der Waals surface area contributed by atoms with Gasteiger partial charge in [0.15, 0.2) is 0 Å². The predicted molar refractivity (Wildman–Crippen MR) is 82.8 cm³/mol. The molecule has 0 aliphatic rings. The maximum Gasteiger partial charge on any atom is 0.247 e. The Balaban J connectivity index is 1.75. The van der Waals surface area contributed by atoms with E-state index in [1.165, 1.54) is 0 Å². The molecule has 6 nitrogen and oxygen atoms in total. The van der Waals surface area contributed by atoms with E-state index in [4.69, 9.17) is 0 Å². The molecular formula is C14H12BrN5O. The van der Waals surface area contributed by atoms with Crippen molar-refractivity contribution in [2.45, 2.75) is 13.5 Å². The van der Waals surface area contributed by atoms with Crippen LogP contribution in [0.3, 0.4) is 0 Å². The smallest absolute Gasteiger partial charge is 0.247 e. The summed E-state index contributed by atoms with van der Waals surface area (Å²) in [6.45, 7) is 2.03. The zero-order chi connectivity index (χ0) is 14.8. The van der Waals surface area contributed by atoms with Gasteiger partial charge in [-0.05, 0) is 46.6 Å². The molecule has 0 atom stereocenters. The molecule has 21 heavy (non-hydrogen) atoms. The average molecular weight is 346 g/mol. The van der Waals surface area contributed by atoms with Crippen LogP contribution < -0.4 is 5.32 Å². The molecule has 1 N–H and O–H groups in total. The predicted octanol–water partition coefficient (Wildman–Crippen LogP) is 2.54. The van der Waals surface area contributed by atoms with E-state index >= 15 is 0 Å². The lowest BCUT2D eigenvalue weighted by molar-refractivity contribution is -0.116. The number of nitrogens with zero attached hydrogens (tertiary/aromatic N) is 4. The Hall–Kier alpha value is -2.28. The molecule has 0 radical (unpaired) electrons. The van der Waals surface area contributed by atoms with Crippen LogP contribution in [0.2, 0.25) is 0 Å². The average Bonchev–Trinajstić information content (AvgIpc) is 2.86. The van der Waals surface area contributed by atoms with Crippen LogP contribution >= 0.6 is 15.9 Å². The first-order chi connectivity index (χ1) is 10.1. The molecule has 7 heteroatoms. The van der Waals surface area contributed by atoms with E-state index in [2.05, 4.69) is 36.5 Å². The second-order valence-corrected chi connectivity index (χ2v) is 5.46. The third-order valence-electron chi connectivity index (χ3n) is 3.03. The van der Waals surface area contributed by atoms with Crippen molar-refractivity contribution in [3.8, 4) is 0 Å². The molecule has 0 saturated heterocycles. The summed E-state index contributed by atoms with van der Waals surface area (Å²) < 4.78 is 2.47. The highest BCUT2D eigenvalue weighted by Crippen LogP contribution is 2.17. The van der Waals surface area contributed by atoms with Crippen molar-refractivity contribution in [2.24, 2.45) is 0 Å². The van der Waals surface area contributed by atoms with Crippen LogP contribution in [0.25, 0.3) is 11.0 Å². The van der Waals surface area contributed by atoms with E-state index in [9.17, 15) is 4.79 Å². The zero-order valence-corrected chi connectivity index (χ0v) is 12.8. The van der Waals surface area contributed by atoms with Gasteiger partial charge in [-0.2, -0.15) is 0 Å². The standard InChI is InChI=1S/C14H12BrN5O/c1-9-6-13(16-7-10(9)15)17-14(21)8-20-12-5-3-2-4-11(12)18-19-20/h2-7H,8H2,1H3,(H,16,17,21). The highest BCUT2D eigenvalue weighted by molar-refractivity contribution is 9.10. The number of halogens is 1. The SMILES string of the molecule is Cc1cc(NC(=O)Cn2nnc3ccccc32)ncc1Br. The Morgan fingerprint density at radius 1 is 1.38 bits per heavy atom. The number of carbonyl (C=O) groups excluding carboxylic acids is 1. The molecule has 0 saturated carbocycles. The molecular weight excluding hydrogens is 334 g/mol. The monoisotopic (exact) mass is 345 g/mol. The Bertz CT molecular complexity index is 814. The number of rotatable bonds is 3. The van der Waals surface area contributed by atoms with E-state index in [1.807, 2.05) is 31.2 Å². The second kappa shape index (κ2) is 5.61. The normalized spacial score (nSPS) is 10.8. The molecule has 106 valence electrons. The number of aryl methyl sites for hydroxylation is 1. The summed E-state index contributed by atoms with van der Waals surface area (Å²) in [6.07, 6.45) is 1.66. The summed E-state index contributed by atoms with van der Waals surface area (Å²) in [6, 6.07) is 9.32. The molecule has 0 unspecified atom stereocenters. The minimum Gasteiger partial charge on any atom is -0.309 e. The Morgan fingerprint density at radius 3 is 3.00 bits per heavy atom. The van der Waals surface area contributed by atoms with Crippen LogP contribution in [0.1, 0.15) is 5.56 Å². The van der Waals surface area contributed by atoms with E-state index in [-0.39, 0.29) is 12.5 Å². The number of aromatic nitrogens is 4. The molecule has 3 aromatic rings. The van der Waals surface area contributed by atoms with Gasteiger partial charge in [0.25, 0.3) is 0 Å². The largest absolute Gasteiger partial charge is 0.309 e. The van der Waals surface area contributed by atoms with Crippen molar-refractivity contribution in [1.82, 2.24) is 20.0 Å². The van der Waals surface area contributed by atoms with Gasteiger partial charge in [-0.3, -0.25) is 4.79 Å². The topological polar surface area (TPSA) is 72.7 Å². The lowest BCUT2D eigenvalue weighted by Crippen LogP contribution is -2.20. The van der Waals surface area contributed by atoms with Gasteiger partial charge in [-0.1, -0.05) is 17.3 Å². The maximum atomic E-state index is 12.1. The molecule has 3 rings (SSSR count). The minimum absolute atomic E-state index is 0.0945. The third-order valence-corrected chi connectivity index (χ3v) is 3.86. The summed E-state index contributed by atoms with van der Waals surface area (Å²) in [5.41, 5.74) is 2.60. The number of fused-ring (bicyclic) bond motifs is 1. The Kier molecular flexibility index (Phi) is 3.66. The van der Waals surface area contributed by atoms with Crippen LogP contribution in [0.15, 0.2) is 41.0 Å². The van der Waals surface area contributed by atoms with Crippen LogP contribution in [-0.2, 0) is 11.3 Å². The van der Waals surface area contributed by atoms with Crippen molar-refractivity contribution >= 4 is 38.7 Å². The Labute approximate surface area is 129 Å².